The molecule has 2 heterocycles. The second kappa shape index (κ2) is 6.97. The number of hydrogen-bond acceptors (Lipinski definition) is 4. The van der Waals surface area contributed by atoms with Crippen LogP contribution < -0.4 is 0 Å². The summed E-state index contributed by atoms with van der Waals surface area (Å²) in [6.07, 6.45) is 2.73. The second-order valence-electron chi connectivity index (χ2n) is 6.04. The number of halogens is 2. The number of amides is 1. The molecule has 0 bridgehead atoms. The number of fused-ring (bicyclic) bond motifs is 1. The molecule has 1 aliphatic rings. The second-order valence-corrected chi connectivity index (χ2v) is 6.48. The Balaban J connectivity index is 1.59. The van der Waals surface area contributed by atoms with E-state index in [2.05, 4.69) is 9.97 Å². The van der Waals surface area contributed by atoms with E-state index in [0.29, 0.717) is 35.8 Å². The maximum atomic E-state index is 14.4. The van der Waals surface area contributed by atoms with Crippen molar-refractivity contribution in [1.82, 2.24) is 14.9 Å². The van der Waals surface area contributed by atoms with Crippen LogP contribution in [-0.4, -0.2) is 40.5 Å². The molecule has 4 rings (SSSR count). The summed E-state index contributed by atoms with van der Waals surface area (Å²) in [6.45, 7) is 1.13. The molecule has 132 valence electrons. The van der Waals surface area contributed by atoms with E-state index in [1.165, 1.54) is 24.5 Å². The molecule has 2 aromatic carbocycles. The Labute approximate surface area is 154 Å². The van der Waals surface area contributed by atoms with Gasteiger partial charge in [-0.1, -0.05) is 23.7 Å². The molecule has 1 aromatic heterocycles. The van der Waals surface area contributed by atoms with Gasteiger partial charge in [0.05, 0.1) is 29.7 Å². The molecule has 1 fully saturated rings. The van der Waals surface area contributed by atoms with Crippen LogP contribution in [0.3, 0.4) is 0 Å². The molecule has 1 aliphatic heterocycles. The molecule has 0 saturated carbocycles. The molecular weight excluding hydrogens is 357 g/mol. The van der Waals surface area contributed by atoms with E-state index in [4.69, 9.17) is 16.3 Å². The fourth-order valence-corrected chi connectivity index (χ4v) is 3.16. The highest BCUT2D eigenvalue weighted by Gasteiger charge is 2.28. The van der Waals surface area contributed by atoms with Crippen LogP contribution in [-0.2, 0) is 4.74 Å². The highest BCUT2D eigenvalue weighted by Crippen LogP contribution is 2.25. The smallest absolute Gasteiger partial charge is 0.257 e. The number of rotatable bonds is 2. The van der Waals surface area contributed by atoms with Crippen molar-refractivity contribution in [3.05, 3.63) is 70.8 Å². The molecule has 0 unspecified atom stereocenters. The van der Waals surface area contributed by atoms with Gasteiger partial charge in [-0.2, -0.15) is 0 Å². The molecule has 3 aromatic rings. The number of carbonyl (C=O) groups excluding carboxylic acids is 1. The van der Waals surface area contributed by atoms with E-state index in [1.807, 2.05) is 12.1 Å². The molecule has 1 atom stereocenters. The van der Waals surface area contributed by atoms with Crippen molar-refractivity contribution in [2.75, 3.05) is 19.7 Å². The van der Waals surface area contributed by atoms with Crippen LogP contribution in [0.25, 0.3) is 11.0 Å². The van der Waals surface area contributed by atoms with Gasteiger partial charge in [-0.25, -0.2) is 4.39 Å². The summed E-state index contributed by atoms with van der Waals surface area (Å²) < 4.78 is 20.2. The Morgan fingerprint density at radius 3 is 2.58 bits per heavy atom. The molecular formula is C19H15ClFN3O2. The summed E-state index contributed by atoms with van der Waals surface area (Å²) >= 11 is 5.92. The zero-order chi connectivity index (χ0) is 18.1. The van der Waals surface area contributed by atoms with Crippen LogP contribution in [0.5, 0.6) is 0 Å². The number of ether oxygens (including phenoxy) is 1. The Morgan fingerprint density at radius 1 is 1.15 bits per heavy atom. The highest BCUT2D eigenvalue weighted by molar-refractivity contribution is 6.30. The van der Waals surface area contributed by atoms with Gasteiger partial charge in [0.15, 0.2) is 0 Å². The maximum Gasteiger partial charge on any atom is 0.257 e. The third kappa shape index (κ3) is 3.25. The van der Waals surface area contributed by atoms with Gasteiger partial charge in [0.1, 0.15) is 11.9 Å². The minimum atomic E-state index is -0.600. The summed E-state index contributed by atoms with van der Waals surface area (Å²) in [5.41, 5.74) is 1.83. The molecule has 0 N–H and O–H groups in total. The van der Waals surface area contributed by atoms with Gasteiger partial charge in [-0.05, 0) is 23.8 Å². The van der Waals surface area contributed by atoms with E-state index in [-0.39, 0.29) is 17.6 Å². The van der Waals surface area contributed by atoms with Crippen LogP contribution in [0, 0.1) is 5.82 Å². The van der Waals surface area contributed by atoms with E-state index in [0.717, 1.165) is 5.56 Å². The summed E-state index contributed by atoms with van der Waals surface area (Å²) in [5.74, 6) is -0.977. The number of hydrogen-bond donors (Lipinski definition) is 0. The molecule has 7 heteroatoms. The van der Waals surface area contributed by atoms with Crippen molar-refractivity contribution in [3.8, 4) is 0 Å². The number of benzene rings is 2. The first-order valence-corrected chi connectivity index (χ1v) is 8.56. The van der Waals surface area contributed by atoms with Crippen LogP contribution in [0.2, 0.25) is 5.02 Å². The monoisotopic (exact) mass is 371 g/mol. The molecule has 26 heavy (non-hydrogen) atoms. The standard InChI is InChI=1S/C19H15ClFN3O2/c20-13-3-1-12(2-4-13)18-11-24(7-8-26-18)19(25)14-9-16-17(10-15(14)21)23-6-5-22-16/h1-6,9-10,18H,7-8,11H2/t18-/m1/s1. The topological polar surface area (TPSA) is 55.3 Å². The summed E-state index contributed by atoms with van der Waals surface area (Å²) in [4.78, 5) is 22.7. The van der Waals surface area contributed by atoms with Crippen LogP contribution in [0.1, 0.15) is 22.0 Å². The summed E-state index contributed by atoms with van der Waals surface area (Å²) in [7, 11) is 0. The molecule has 1 amide bonds. The number of nitrogens with zero attached hydrogens (tertiary/aromatic N) is 3. The Kier molecular flexibility index (Phi) is 4.53. The highest BCUT2D eigenvalue weighted by atomic mass is 35.5. The van der Waals surface area contributed by atoms with Gasteiger partial charge in [-0.3, -0.25) is 14.8 Å². The van der Waals surface area contributed by atoms with E-state index < -0.39 is 5.82 Å². The average Bonchev–Trinajstić information content (AvgIpc) is 2.67. The minimum Gasteiger partial charge on any atom is -0.370 e. The van der Waals surface area contributed by atoms with Crippen molar-refractivity contribution in [2.45, 2.75) is 6.10 Å². The maximum absolute atomic E-state index is 14.4. The predicted molar refractivity (Wildman–Crippen MR) is 95.5 cm³/mol. The van der Waals surface area contributed by atoms with Crippen molar-refractivity contribution in [2.24, 2.45) is 0 Å². The van der Waals surface area contributed by atoms with Gasteiger partial charge < -0.3 is 9.64 Å². The SMILES string of the molecule is O=C(c1cc2nccnc2cc1F)N1CCO[C@@H](c2ccc(Cl)cc2)C1. The summed E-state index contributed by atoms with van der Waals surface area (Å²) in [5, 5.41) is 0.636. The van der Waals surface area contributed by atoms with E-state index in [9.17, 15) is 9.18 Å². The zero-order valence-corrected chi connectivity index (χ0v) is 14.5. The van der Waals surface area contributed by atoms with Gasteiger partial charge in [0, 0.05) is 30.0 Å². The normalized spacial score (nSPS) is 17.5. The quantitative estimate of drug-likeness (QED) is 0.690. The van der Waals surface area contributed by atoms with Gasteiger partial charge in [-0.15, -0.1) is 0 Å². The first kappa shape index (κ1) is 16.9. The zero-order valence-electron chi connectivity index (χ0n) is 13.7. The van der Waals surface area contributed by atoms with Crippen molar-refractivity contribution in [3.63, 3.8) is 0 Å². The van der Waals surface area contributed by atoms with Crippen molar-refractivity contribution < 1.29 is 13.9 Å². The lowest BCUT2D eigenvalue weighted by Crippen LogP contribution is -2.42. The van der Waals surface area contributed by atoms with Crippen molar-refractivity contribution >= 4 is 28.5 Å². The van der Waals surface area contributed by atoms with E-state index in [1.54, 1.807) is 17.0 Å². The number of aromatic nitrogens is 2. The lowest BCUT2D eigenvalue weighted by molar-refractivity contribution is -0.0229. The van der Waals surface area contributed by atoms with Gasteiger partial charge in [0.25, 0.3) is 5.91 Å². The fraction of sp³-hybridized carbons (Fsp3) is 0.211. The summed E-state index contributed by atoms with van der Waals surface area (Å²) in [6, 6.07) is 9.99. The Hall–Kier alpha value is -2.57. The third-order valence-electron chi connectivity index (χ3n) is 4.38. The lowest BCUT2D eigenvalue weighted by atomic mass is 10.1. The number of carbonyl (C=O) groups is 1. The first-order chi connectivity index (χ1) is 12.6. The van der Waals surface area contributed by atoms with Crippen LogP contribution in [0.4, 0.5) is 4.39 Å². The Morgan fingerprint density at radius 2 is 1.85 bits per heavy atom. The Bertz CT molecular complexity index is 965. The molecule has 0 aliphatic carbocycles. The molecule has 0 radical (unpaired) electrons. The van der Waals surface area contributed by atoms with E-state index >= 15 is 0 Å². The molecule has 5 nitrogen and oxygen atoms in total. The van der Waals surface area contributed by atoms with Crippen molar-refractivity contribution in [1.29, 1.82) is 0 Å². The van der Waals surface area contributed by atoms with Gasteiger partial charge in [0.2, 0.25) is 0 Å². The fourth-order valence-electron chi connectivity index (χ4n) is 3.03. The third-order valence-corrected chi connectivity index (χ3v) is 4.64. The van der Waals surface area contributed by atoms with Crippen LogP contribution >= 0.6 is 11.6 Å². The van der Waals surface area contributed by atoms with Crippen LogP contribution in [0.15, 0.2) is 48.8 Å². The predicted octanol–water partition coefficient (Wildman–Crippen LogP) is 3.64. The first-order valence-electron chi connectivity index (χ1n) is 8.18. The molecule has 0 spiro atoms. The number of morpholine rings is 1. The minimum absolute atomic E-state index is 0.00486. The van der Waals surface area contributed by atoms with Gasteiger partial charge >= 0.3 is 0 Å². The lowest BCUT2D eigenvalue weighted by Gasteiger charge is -2.33. The average molecular weight is 372 g/mol. The molecule has 1 saturated heterocycles. The largest absolute Gasteiger partial charge is 0.370 e.